The van der Waals surface area contributed by atoms with Crippen molar-refractivity contribution in [3.8, 4) is 0 Å². The summed E-state index contributed by atoms with van der Waals surface area (Å²) in [6.07, 6.45) is 4.89. The normalized spacial score (nSPS) is 21.0. The van der Waals surface area contributed by atoms with Crippen LogP contribution in [0.1, 0.15) is 12.0 Å². The number of hydrogen-bond acceptors (Lipinski definition) is 2. The highest BCUT2D eigenvalue weighted by molar-refractivity contribution is 5.13. The molecule has 0 N–H and O–H groups in total. The van der Waals surface area contributed by atoms with E-state index in [9.17, 15) is 0 Å². The zero-order valence-electron chi connectivity index (χ0n) is 8.06. The molecule has 0 spiro atoms. The summed E-state index contributed by atoms with van der Waals surface area (Å²) in [6.45, 7) is 1.37. The summed E-state index contributed by atoms with van der Waals surface area (Å²) in [5.74, 6) is 0. The third-order valence-electron chi connectivity index (χ3n) is 2.12. The quantitative estimate of drug-likeness (QED) is 0.682. The molecule has 0 saturated carbocycles. The number of rotatable bonds is 3. The molecule has 74 valence electrons. The van der Waals surface area contributed by atoms with Crippen LogP contribution in [0.25, 0.3) is 0 Å². The topological polar surface area (TPSA) is 18.5 Å². The van der Waals surface area contributed by atoms with Gasteiger partial charge in [0.05, 0.1) is 13.2 Å². The molecule has 0 saturated heterocycles. The summed E-state index contributed by atoms with van der Waals surface area (Å²) >= 11 is 0. The van der Waals surface area contributed by atoms with E-state index in [1.807, 2.05) is 36.4 Å². The first-order valence-electron chi connectivity index (χ1n) is 4.89. The van der Waals surface area contributed by atoms with E-state index < -0.39 is 0 Å². The van der Waals surface area contributed by atoms with Crippen molar-refractivity contribution in [1.29, 1.82) is 0 Å². The van der Waals surface area contributed by atoms with E-state index in [2.05, 4.69) is 6.08 Å². The van der Waals surface area contributed by atoms with Crippen LogP contribution in [-0.2, 0) is 16.1 Å². The first-order chi connectivity index (χ1) is 6.95. The molecule has 1 heterocycles. The SMILES string of the molecule is C1=CC(OCc2ccccc2)OCC1. The van der Waals surface area contributed by atoms with Gasteiger partial charge in [-0.25, -0.2) is 0 Å². The van der Waals surface area contributed by atoms with E-state index in [1.165, 1.54) is 5.56 Å². The predicted octanol–water partition coefficient (Wildman–Crippen LogP) is 2.51. The standard InChI is InChI=1S/C12H14O2/c1-2-6-11(7-3-1)10-14-12-8-4-5-9-13-12/h1-4,6-8,12H,5,9-10H2. The summed E-state index contributed by atoms with van der Waals surface area (Å²) in [5, 5.41) is 0. The lowest BCUT2D eigenvalue weighted by atomic mass is 10.2. The molecule has 0 amide bonds. The van der Waals surface area contributed by atoms with E-state index in [4.69, 9.17) is 9.47 Å². The molecule has 0 aromatic heterocycles. The fourth-order valence-electron chi connectivity index (χ4n) is 1.37. The molecule has 1 unspecified atom stereocenters. The molecular formula is C12H14O2. The van der Waals surface area contributed by atoms with Gasteiger partial charge >= 0.3 is 0 Å². The van der Waals surface area contributed by atoms with Crippen molar-refractivity contribution in [1.82, 2.24) is 0 Å². The number of benzene rings is 1. The fourth-order valence-corrected chi connectivity index (χ4v) is 1.37. The molecule has 1 atom stereocenters. The van der Waals surface area contributed by atoms with Gasteiger partial charge in [0, 0.05) is 0 Å². The van der Waals surface area contributed by atoms with Crippen LogP contribution in [0.4, 0.5) is 0 Å². The van der Waals surface area contributed by atoms with Gasteiger partial charge in [-0.15, -0.1) is 0 Å². The van der Waals surface area contributed by atoms with Gasteiger partial charge in [0.15, 0.2) is 6.29 Å². The van der Waals surface area contributed by atoms with Crippen molar-refractivity contribution in [2.24, 2.45) is 0 Å². The van der Waals surface area contributed by atoms with Gasteiger partial charge in [0.25, 0.3) is 0 Å². The first kappa shape index (κ1) is 9.44. The monoisotopic (exact) mass is 190 g/mol. The van der Waals surface area contributed by atoms with Crippen LogP contribution in [0.3, 0.4) is 0 Å². The van der Waals surface area contributed by atoms with E-state index in [0.717, 1.165) is 13.0 Å². The largest absolute Gasteiger partial charge is 0.349 e. The minimum Gasteiger partial charge on any atom is -0.349 e. The number of ether oxygens (including phenoxy) is 2. The Hall–Kier alpha value is -1.12. The van der Waals surface area contributed by atoms with Crippen LogP contribution < -0.4 is 0 Å². The highest BCUT2D eigenvalue weighted by atomic mass is 16.7. The van der Waals surface area contributed by atoms with Gasteiger partial charge < -0.3 is 9.47 Å². The van der Waals surface area contributed by atoms with Gasteiger partial charge in [-0.3, -0.25) is 0 Å². The molecule has 2 rings (SSSR count). The second-order valence-corrected chi connectivity index (χ2v) is 3.25. The van der Waals surface area contributed by atoms with Crippen molar-refractivity contribution in [3.63, 3.8) is 0 Å². The van der Waals surface area contributed by atoms with Gasteiger partial charge in [-0.1, -0.05) is 36.4 Å². The molecule has 2 heteroatoms. The van der Waals surface area contributed by atoms with Crippen molar-refractivity contribution in [3.05, 3.63) is 48.0 Å². The Morgan fingerprint density at radius 2 is 2.14 bits per heavy atom. The predicted molar refractivity (Wildman–Crippen MR) is 54.7 cm³/mol. The maximum absolute atomic E-state index is 5.56. The van der Waals surface area contributed by atoms with E-state index in [1.54, 1.807) is 0 Å². The first-order valence-corrected chi connectivity index (χ1v) is 4.89. The van der Waals surface area contributed by atoms with Crippen LogP contribution in [0.15, 0.2) is 42.5 Å². The summed E-state index contributed by atoms with van der Waals surface area (Å²) in [7, 11) is 0. The molecule has 0 fully saturated rings. The van der Waals surface area contributed by atoms with Crippen LogP contribution >= 0.6 is 0 Å². The Morgan fingerprint density at radius 3 is 2.86 bits per heavy atom. The molecule has 14 heavy (non-hydrogen) atoms. The molecule has 1 aliphatic heterocycles. The average Bonchev–Trinajstić information content (AvgIpc) is 2.29. The van der Waals surface area contributed by atoms with Crippen molar-refractivity contribution >= 4 is 0 Å². The lowest BCUT2D eigenvalue weighted by Gasteiger charge is -2.17. The van der Waals surface area contributed by atoms with Gasteiger partial charge in [-0.2, -0.15) is 0 Å². The number of hydrogen-bond donors (Lipinski definition) is 0. The van der Waals surface area contributed by atoms with Crippen molar-refractivity contribution in [2.45, 2.75) is 19.3 Å². The second-order valence-electron chi connectivity index (χ2n) is 3.25. The molecule has 0 radical (unpaired) electrons. The van der Waals surface area contributed by atoms with Crippen LogP contribution in [-0.4, -0.2) is 12.9 Å². The van der Waals surface area contributed by atoms with Crippen LogP contribution in [0, 0.1) is 0 Å². The Kier molecular flexibility index (Phi) is 3.33. The Balaban J connectivity index is 1.82. The highest BCUT2D eigenvalue weighted by Gasteiger charge is 2.07. The van der Waals surface area contributed by atoms with E-state index in [0.29, 0.717) is 6.61 Å². The van der Waals surface area contributed by atoms with E-state index in [-0.39, 0.29) is 6.29 Å². The fraction of sp³-hybridized carbons (Fsp3) is 0.333. The molecule has 1 aliphatic rings. The van der Waals surface area contributed by atoms with Gasteiger partial charge in [0.2, 0.25) is 0 Å². The summed E-state index contributed by atoms with van der Waals surface area (Å²) in [4.78, 5) is 0. The summed E-state index contributed by atoms with van der Waals surface area (Å²) in [6, 6.07) is 10.1. The summed E-state index contributed by atoms with van der Waals surface area (Å²) < 4.78 is 11.0. The molecular weight excluding hydrogens is 176 g/mol. The second kappa shape index (κ2) is 4.94. The van der Waals surface area contributed by atoms with Crippen LogP contribution in [0.2, 0.25) is 0 Å². The van der Waals surface area contributed by atoms with Gasteiger partial charge in [0.1, 0.15) is 0 Å². The Morgan fingerprint density at radius 1 is 1.29 bits per heavy atom. The van der Waals surface area contributed by atoms with Crippen LogP contribution in [0.5, 0.6) is 0 Å². The lowest BCUT2D eigenvalue weighted by Crippen LogP contribution is -2.17. The zero-order valence-corrected chi connectivity index (χ0v) is 8.06. The summed E-state index contributed by atoms with van der Waals surface area (Å²) in [5.41, 5.74) is 1.18. The minimum absolute atomic E-state index is 0.163. The molecule has 1 aromatic rings. The molecule has 0 aliphatic carbocycles. The smallest absolute Gasteiger partial charge is 0.177 e. The maximum Gasteiger partial charge on any atom is 0.177 e. The third-order valence-corrected chi connectivity index (χ3v) is 2.12. The highest BCUT2D eigenvalue weighted by Crippen LogP contribution is 2.09. The molecule has 1 aromatic carbocycles. The lowest BCUT2D eigenvalue weighted by molar-refractivity contribution is -0.122. The minimum atomic E-state index is -0.163. The third kappa shape index (κ3) is 2.69. The van der Waals surface area contributed by atoms with Crippen molar-refractivity contribution < 1.29 is 9.47 Å². The molecule has 0 bridgehead atoms. The Labute approximate surface area is 84.2 Å². The maximum atomic E-state index is 5.56. The van der Waals surface area contributed by atoms with Crippen molar-refractivity contribution in [2.75, 3.05) is 6.61 Å². The average molecular weight is 190 g/mol. The van der Waals surface area contributed by atoms with Gasteiger partial charge in [-0.05, 0) is 18.1 Å². The zero-order chi connectivity index (χ0) is 9.64. The Bertz CT molecular complexity index is 292. The molecule has 2 nitrogen and oxygen atoms in total. The van der Waals surface area contributed by atoms with E-state index >= 15 is 0 Å².